The molecule has 0 spiro atoms. The normalized spacial score (nSPS) is 18.7. The number of allylic oxidation sites excluding steroid dienone is 2. The first-order valence-corrected chi connectivity index (χ1v) is 3.88. The Hall–Kier alpha value is -1.14. The van der Waals surface area contributed by atoms with E-state index in [1.165, 1.54) is 0 Å². The van der Waals surface area contributed by atoms with Gasteiger partial charge in [-0.2, -0.15) is 26.3 Å². The van der Waals surface area contributed by atoms with Gasteiger partial charge < -0.3 is 4.90 Å². The van der Waals surface area contributed by atoms with Crippen molar-refractivity contribution < 1.29 is 26.3 Å². The number of hydrogen-bond acceptors (Lipinski definition) is 1. The summed E-state index contributed by atoms with van der Waals surface area (Å²) < 4.78 is 73.1. The van der Waals surface area contributed by atoms with Crippen LogP contribution in [0.1, 0.15) is 6.42 Å². The van der Waals surface area contributed by atoms with Gasteiger partial charge >= 0.3 is 12.4 Å². The van der Waals surface area contributed by atoms with Gasteiger partial charge in [-0.15, -0.1) is 0 Å². The van der Waals surface area contributed by atoms with Crippen LogP contribution in [0, 0.1) is 0 Å². The Kier molecular flexibility index (Phi) is 2.75. The summed E-state index contributed by atoms with van der Waals surface area (Å²) in [5, 5.41) is 0. The molecule has 0 aliphatic carbocycles. The highest BCUT2D eigenvalue weighted by molar-refractivity contribution is 5.26. The van der Waals surface area contributed by atoms with Gasteiger partial charge in [0.25, 0.3) is 0 Å². The second kappa shape index (κ2) is 3.46. The molecule has 0 amide bonds. The van der Waals surface area contributed by atoms with Crippen LogP contribution in [0.2, 0.25) is 0 Å². The molecule has 0 atom stereocenters. The Morgan fingerprint density at radius 3 is 1.53 bits per heavy atom. The summed E-state index contributed by atoms with van der Waals surface area (Å²) in [6.07, 6.45) is -9.28. The first-order chi connectivity index (χ1) is 6.60. The van der Waals surface area contributed by atoms with E-state index < -0.39 is 29.9 Å². The van der Waals surface area contributed by atoms with Crippen molar-refractivity contribution in [1.29, 1.82) is 0 Å². The number of halogens is 6. The molecule has 1 aliphatic heterocycles. The number of hydrogen-bond donors (Lipinski definition) is 0. The van der Waals surface area contributed by atoms with E-state index in [9.17, 15) is 26.3 Å². The summed E-state index contributed by atoms with van der Waals surface area (Å²) in [7, 11) is 1.12. The molecule has 0 radical (unpaired) electrons. The molecule has 0 unspecified atom stereocenters. The third kappa shape index (κ3) is 2.90. The van der Waals surface area contributed by atoms with Crippen LogP contribution in [0.5, 0.6) is 0 Å². The molecule has 0 fully saturated rings. The molecule has 1 nitrogen and oxygen atoms in total. The molecule has 1 heterocycles. The van der Waals surface area contributed by atoms with E-state index in [2.05, 4.69) is 0 Å². The van der Waals surface area contributed by atoms with Crippen LogP contribution in [0.25, 0.3) is 0 Å². The van der Waals surface area contributed by atoms with Crippen LogP contribution in [0.15, 0.2) is 23.5 Å². The van der Waals surface area contributed by atoms with E-state index in [4.69, 9.17) is 0 Å². The van der Waals surface area contributed by atoms with Gasteiger partial charge in [0, 0.05) is 25.9 Å². The summed E-state index contributed by atoms with van der Waals surface area (Å²) >= 11 is 0. The molecule has 0 saturated heterocycles. The lowest BCUT2D eigenvalue weighted by atomic mass is 10.0. The quantitative estimate of drug-likeness (QED) is 0.578. The lowest BCUT2D eigenvalue weighted by molar-refractivity contribution is -0.107. The van der Waals surface area contributed by atoms with Crippen molar-refractivity contribution in [3.05, 3.63) is 23.5 Å². The summed E-state index contributed by atoms with van der Waals surface area (Å²) in [6, 6.07) is 0. The molecule has 0 saturated carbocycles. The zero-order valence-electron chi connectivity index (χ0n) is 7.58. The van der Waals surface area contributed by atoms with E-state index in [0.29, 0.717) is 12.4 Å². The number of nitrogens with zero attached hydrogens (tertiary/aromatic N) is 1. The van der Waals surface area contributed by atoms with Gasteiger partial charge in [0.05, 0.1) is 11.1 Å². The first-order valence-electron chi connectivity index (χ1n) is 3.88. The van der Waals surface area contributed by atoms with Crippen LogP contribution >= 0.6 is 0 Å². The van der Waals surface area contributed by atoms with Crippen LogP contribution < -0.4 is 0 Å². The lowest BCUT2D eigenvalue weighted by Gasteiger charge is -2.24. The van der Waals surface area contributed by atoms with Crippen molar-refractivity contribution in [1.82, 2.24) is 4.90 Å². The van der Waals surface area contributed by atoms with Gasteiger partial charge in [-0.1, -0.05) is 0 Å². The average Bonchev–Trinajstić information content (AvgIpc) is 1.99. The predicted octanol–water partition coefficient (Wildman–Crippen LogP) is 3.21. The Balaban J connectivity index is 2.94. The van der Waals surface area contributed by atoms with Crippen molar-refractivity contribution in [2.75, 3.05) is 7.05 Å². The van der Waals surface area contributed by atoms with E-state index >= 15 is 0 Å². The minimum Gasteiger partial charge on any atom is -0.357 e. The molecule has 0 bridgehead atoms. The highest BCUT2D eigenvalue weighted by atomic mass is 19.4. The molecule has 7 heteroatoms. The summed E-state index contributed by atoms with van der Waals surface area (Å²) in [5.41, 5.74) is -2.39. The van der Waals surface area contributed by atoms with Crippen molar-refractivity contribution in [3.63, 3.8) is 0 Å². The monoisotopic (exact) mass is 231 g/mol. The zero-order chi connectivity index (χ0) is 11.9. The lowest BCUT2D eigenvalue weighted by Crippen LogP contribution is -2.25. The third-order valence-corrected chi connectivity index (χ3v) is 1.83. The van der Waals surface area contributed by atoms with E-state index in [1.807, 2.05) is 0 Å². The molecule has 15 heavy (non-hydrogen) atoms. The molecular formula is C8H7F6N. The molecule has 0 aromatic heterocycles. The minimum atomic E-state index is -4.72. The Labute approximate surface area is 81.7 Å². The Morgan fingerprint density at radius 1 is 0.933 bits per heavy atom. The maximum absolute atomic E-state index is 12.2. The summed E-state index contributed by atoms with van der Waals surface area (Å²) in [6.45, 7) is 0. The topological polar surface area (TPSA) is 3.24 Å². The maximum atomic E-state index is 12.2. The number of rotatable bonds is 0. The molecule has 0 aromatic rings. The second-order valence-corrected chi connectivity index (χ2v) is 3.15. The smallest absolute Gasteiger partial charge is 0.357 e. The Bertz CT molecular complexity index is 278. The Morgan fingerprint density at radius 2 is 1.27 bits per heavy atom. The molecule has 86 valence electrons. The fourth-order valence-corrected chi connectivity index (χ4v) is 1.17. The van der Waals surface area contributed by atoms with Crippen LogP contribution in [-0.2, 0) is 0 Å². The van der Waals surface area contributed by atoms with Gasteiger partial charge in [-0.25, -0.2) is 0 Å². The van der Waals surface area contributed by atoms with Gasteiger partial charge in [0.1, 0.15) is 0 Å². The fraction of sp³-hybridized carbons (Fsp3) is 0.500. The van der Waals surface area contributed by atoms with Gasteiger partial charge in [0.15, 0.2) is 0 Å². The fourth-order valence-electron chi connectivity index (χ4n) is 1.17. The molecule has 0 aromatic carbocycles. The molecular weight excluding hydrogens is 224 g/mol. The second-order valence-electron chi connectivity index (χ2n) is 3.15. The van der Waals surface area contributed by atoms with Crippen molar-refractivity contribution >= 4 is 0 Å². The average molecular weight is 231 g/mol. The largest absolute Gasteiger partial charge is 0.414 e. The van der Waals surface area contributed by atoms with Crippen molar-refractivity contribution in [2.24, 2.45) is 0 Å². The van der Waals surface area contributed by atoms with Crippen LogP contribution in [-0.4, -0.2) is 24.3 Å². The van der Waals surface area contributed by atoms with Crippen molar-refractivity contribution in [3.8, 4) is 0 Å². The van der Waals surface area contributed by atoms with E-state index in [0.717, 1.165) is 11.9 Å². The van der Waals surface area contributed by atoms with E-state index in [-0.39, 0.29) is 0 Å². The van der Waals surface area contributed by atoms with Gasteiger partial charge in [0.2, 0.25) is 0 Å². The predicted molar refractivity (Wildman–Crippen MR) is 40.7 cm³/mol. The van der Waals surface area contributed by atoms with Gasteiger partial charge in [-0.05, 0) is 0 Å². The van der Waals surface area contributed by atoms with E-state index in [1.54, 1.807) is 0 Å². The number of alkyl halides is 6. The minimum absolute atomic E-state index is 0.648. The summed E-state index contributed by atoms with van der Waals surface area (Å²) in [5.74, 6) is 0. The highest BCUT2D eigenvalue weighted by Crippen LogP contribution is 2.39. The molecule has 1 aliphatic rings. The SMILES string of the molecule is CN1C=C(C(F)(F)F)CC(C(F)(F)F)=C1. The first kappa shape index (κ1) is 11.9. The summed E-state index contributed by atoms with van der Waals surface area (Å²) in [4.78, 5) is 0.759. The zero-order valence-corrected chi connectivity index (χ0v) is 7.58. The highest BCUT2D eigenvalue weighted by Gasteiger charge is 2.42. The standard InChI is InChI=1S/C8H7F6N/c1-15-3-5(7(9,10)11)2-6(4-15)8(12,13)14/h3-4H,2H2,1H3. The molecule has 0 N–H and O–H groups in total. The van der Waals surface area contributed by atoms with Crippen molar-refractivity contribution in [2.45, 2.75) is 18.8 Å². The van der Waals surface area contributed by atoms with Crippen LogP contribution in [0.4, 0.5) is 26.3 Å². The van der Waals surface area contributed by atoms with Gasteiger partial charge in [-0.3, -0.25) is 0 Å². The molecule has 1 rings (SSSR count). The van der Waals surface area contributed by atoms with Crippen LogP contribution in [0.3, 0.4) is 0 Å². The third-order valence-electron chi connectivity index (χ3n) is 1.83. The maximum Gasteiger partial charge on any atom is 0.414 e.